The van der Waals surface area contributed by atoms with Crippen LogP contribution in [0.2, 0.25) is 0 Å². The zero-order chi connectivity index (χ0) is 24.3. The van der Waals surface area contributed by atoms with Gasteiger partial charge >= 0.3 is 0 Å². The number of hydrogen-bond donors (Lipinski definition) is 0. The van der Waals surface area contributed by atoms with Crippen molar-refractivity contribution < 1.29 is 14.0 Å². The van der Waals surface area contributed by atoms with Gasteiger partial charge in [0.1, 0.15) is 11.6 Å². The number of unbranched alkanes of at least 4 members (excludes halogenated alkanes) is 1. The highest BCUT2D eigenvalue weighted by Gasteiger charge is 2.17. The Morgan fingerprint density at radius 2 is 1.76 bits per heavy atom. The molecular formula is C29H29FN2O2. The molecule has 2 aromatic carbocycles. The Bertz CT molecular complexity index is 1200. The number of Topliss-reactive ketones (excluding diaryl/α,β-unsaturated/α-hetero) is 2. The van der Waals surface area contributed by atoms with Gasteiger partial charge in [0.05, 0.1) is 23.0 Å². The molecule has 0 aliphatic carbocycles. The van der Waals surface area contributed by atoms with E-state index in [2.05, 4.69) is 6.07 Å². The first-order valence-electron chi connectivity index (χ1n) is 11.8. The molecule has 0 aliphatic rings. The topological polar surface area (TPSA) is 70.8 Å². The number of nitrogens with zero attached hydrogens (tertiary/aromatic N) is 2. The molecule has 3 rings (SSSR count). The number of rotatable bonds is 12. The molecule has 4 nitrogen and oxygen atoms in total. The van der Waals surface area contributed by atoms with Gasteiger partial charge in [-0.1, -0.05) is 43.7 Å². The Labute approximate surface area is 200 Å². The SMILES string of the molecule is CCCCC(=O)CCC(=O)c1ccc(-c2ccccc2C#N)nc1CCCc1cccc(F)c1. The second-order valence-electron chi connectivity index (χ2n) is 8.40. The summed E-state index contributed by atoms with van der Waals surface area (Å²) in [4.78, 5) is 29.8. The van der Waals surface area contributed by atoms with Crippen molar-refractivity contribution in [2.75, 3.05) is 0 Å². The van der Waals surface area contributed by atoms with E-state index in [4.69, 9.17) is 4.98 Å². The second kappa shape index (κ2) is 12.6. The average Bonchev–Trinajstić information content (AvgIpc) is 2.86. The number of nitriles is 1. The number of benzene rings is 2. The smallest absolute Gasteiger partial charge is 0.165 e. The third-order valence-corrected chi connectivity index (χ3v) is 5.81. The fourth-order valence-corrected chi connectivity index (χ4v) is 3.94. The third-order valence-electron chi connectivity index (χ3n) is 5.81. The van der Waals surface area contributed by atoms with Crippen LogP contribution >= 0.6 is 0 Å². The summed E-state index contributed by atoms with van der Waals surface area (Å²) in [6.45, 7) is 2.03. The molecule has 0 amide bonds. The molecule has 0 fully saturated rings. The molecule has 0 saturated heterocycles. The van der Waals surface area contributed by atoms with Gasteiger partial charge in [-0.2, -0.15) is 5.26 Å². The molecule has 3 aromatic rings. The molecule has 0 radical (unpaired) electrons. The first kappa shape index (κ1) is 25.0. The van der Waals surface area contributed by atoms with Crippen LogP contribution in [0.5, 0.6) is 0 Å². The van der Waals surface area contributed by atoms with Gasteiger partial charge in [-0.05, 0) is 61.6 Å². The summed E-state index contributed by atoms with van der Waals surface area (Å²) in [7, 11) is 0. The molecular weight excluding hydrogens is 427 g/mol. The van der Waals surface area contributed by atoms with Crippen LogP contribution in [0.1, 0.15) is 72.6 Å². The summed E-state index contributed by atoms with van der Waals surface area (Å²) in [6, 6.07) is 19.4. The average molecular weight is 457 g/mol. The van der Waals surface area contributed by atoms with E-state index in [0.29, 0.717) is 53.8 Å². The highest BCUT2D eigenvalue weighted by atomic mass is 19.1. The number of aryl methyl sites for hydroxylation is 2. The summed E-state index contributed by atoms with van der Waals surface area (Å²) in [5.41, 5.74) is 3.91. The van der Waals surface area contributed by atoms with E-state index in [1.54, 1.807) is 30.3 Å². The van der Waals surface area contributed by atoms with Crippen molar-refractivity contribution in [3.05, 3.63) is 88.9 Å². The monoisotopic (exact) mass is 456 g/mol. The van der Waals surface area contributed by atoms with E-state index in [9.17, 15) is 19.2 Å². The van der Waals surface area contributed by atoms with Crippen LogP contribution in [0.25, 0.3) is 11.3 Å². The van der Waals surface area contributed by atoms with E-state index in [1.807, 2.05) is 25.1 Å². The van der Waals surface area contributed by atoms with Crippen LogP contribution in [-0.2, 0) is 17.6 Å². The molecule has 0 saturated carbocycles. The molecule has 174 valence electrons. The minimum absolute atomic E-state index is 0.0989. The maximum absolute atomic E-state index is 13.5. The van der Waals surface area contributed by atoms with Crippen molar-refractivity contribution in [2.24, 2.45) is 0 Å². The standard InChI is InChI=1S/C29H29FN2O2/c1-2-3-12-24(33)15-18-29(34)26-16-17-28(25-13-5-4-10-22(25)20-31)32-27(26)14-7-9-21-8-6-11-23(30)19-21/h4-6,8,10-11,13,16-17,19H,2-3,7,9,12,14-15,18H2,1H3. The highest BCUT2D eigenvalue weighted by Crippen LogP contribution is 2.24. The van der Waals surface area contributed by atoms with Crippen LogP contribution in [0, 0.1) is 17.1 Å². The fraction of sp³-hybridized carbons (Fsp3) is 0.310. The van der Waals surface area contributed by atoms with Gasteiger partial charge in [0.2, 0.25) is 0 Å². The van der Waals surface area contributed by atoms with Crippen LogP contribution < -0.4 is 0 Å². The summed E-state index contributed by atoms with van der Waals surface area (Å²) >= 11 is 0. The number of hydrogen-bond acceptors (Lipinski definition) is 4. The van der Waals surface area contributed by atoms with E-state index in [0.717, 1.165) is 18.4 Å². The molecule has 0 N–H and O–H groups in total. The zero-order valence-corrected chi connectivity index (χ0v) is 19.5. The van der Waals surface area contributed by atoms with Crippen molar-refractivity contribution in [2.45, 2.75) is 58.3 Å². The van der Waals surface area contributed by atoms with Crippen LogP contribution in [0.4, 0.5) is 4.39 Å². The minimum atomic E-state index is -0.269. The number of pyridine rings is 1. The molecule has 0 atom stereocenters. The van der Waals surface area contributed by atoms with Gasteiger partial charge in [0, 0.05) is 30.4 Å². The number of halogens is 1. The predicted molar refractivity (Wildman–Crippen MR) is 131 cm³/mol. The highest BCUT2D eigenvalue weighted by molar-refractivity contribution is 5.99. The van der Waals surface area contributed by atoms with Gasteiger partial charge in [-0.15, -0.1) is 0 Å². The predicted octanol–water partition coefficient (Wildman–Crippen LogP) is 6.66. The quantitative estimate of drug-likeness (QED) is 0.286. The Morgan fingerprint density at radius 3 is 2.53 bits per heavy atom. The molecule has 0 bridgehead atoms. The lowest BCUT2D eigenvalue weighted by atomic mass is 9.96. The molecule has 5 heteroatoms. The number of ketones is 2. The summed E-state index contributed by atoms with van der Waals surface area (Å²) < 4.78 is 13.5. The summed E-state index contributed by atoms with van der Waals surface area (Å²) in [6.07, 6.45) is 4.57. The third kappa shape index (κ3) is 6.92. The first-order chi connectivity index (χ1) is 16.5. The van der Waals surface area contributed by atoms with E-state index in [-0.39, 0.29) is 30.2 Å². The Balaban J connectivity index is 1.82. The second-order valence-corrected chi connectivity index (χ2v) is 8.40. The number of carbonyl (C=O) groups excluding carboxylic acids is 2. The van der Waals surface area contributed by atoms with Crippen molar-refractivity contribution in [3.63, 3.8) is 0 Å². The van der Waals surface area contributed by atoms with E-state index < -0.39 is 0 Å². The Morgan fingerprint density at radius 1 is 0.941 bits per heavy atom. The number of carbonyl (C=O) groups is 2. The van der Waals surface area contributed by atoms with E-state index >= 15 is 0 Å². The van der Waals surface area contributed by atoms with Crippen LogP contribution in [-0.4, -0.2) is 16.6 Å². The van der Waals surface area contributed by atoms with Gasteiger partial charge in [-0.25, -0.2) is 4.39 Å². The Hall–Kier alpha value is -3.65. The van der Waals surface area contributed by atoms with Crippen molar-refractivity contribution >= 4 is 11.6 Å². The van der Waals surface area contributed by atoms with E-state index in [1.165, 1.54) is 12.1 Å². The number of aromatic nitrogens is 1. The zero-order valence-electron chi connectivity index (χ0n) is 19.5. The largest absolute Gasteiger partial charge is 0.300 e. The minimum Gasteiger partial charge on any atom is -0.300 e. The van der Waals surface area contributed by atoms with Gasteiger partial charge in [0.25, 0.3) is 0 Å². The maximum atomic E-state index is 13.5. The lowest BCUT2D eigenvalue weighted by Crippen LogP contribution is -2.10. The maximum Gasteiger partial charge on any atom is 0.165 e. The van der Waals surface area contributed by atoms with Gasteiger partial charge < -0.3 is 0 Å². The lowest BCUT2D eigenvalue weighted by molar-refractivity contribution is -0.119. The van der Waals surface area contributed by atoms with Crippen LogP contribution in [0.3, 0.4) is 0 Å². The molecule has 1 aromatic heterocycles. The van der Waals surface area contributed by atoms with Gasteiger partial charge in [0.15, 0.2) is 5.78 Å². The van der Waals surface area contributed by atoms with Crippen molar-refractivity contribution in [1.29, 1.82) is 5.26 Å². The normalized spacial score (nSPS) is 10.6. The lowest BCUT2D eigenvalue weighted by Gasteiger charge is -2.12. The van der Waals surface area contributed by atoms with Gasteiger partial charge in [-0.3, -0.25) is 14.6 Å². The molecule has 0 unspecified atom stereocenters. The first-order valence-corrected chi connectivity index (χ1v) is 11.8. The van der Waals surface area contributed by atoms with Crippen molar-refractivity contribution in [3.8, 4) is 17.3 Å². The fourth-order valence-electron chi connectivity index (χ4n) is 3.94. The van der Waals surface area contributed by atoms with Crippen LogP contribution in [0.15, 0.2) is 60.7 Å². The Kier molecular flexibility index (Phi) is 9.22. The molecule has 1 heterocycles. The molecule has 0 spiro atoms. The molecule has 0 aliphatic heterocycles. The summed E-state index contributed by atoms with van der Waals surface area (Å²) in [5, 5.41) is 9.47. The summed E-state index contributed by atoms with van der Waals surface area (Å²) in [5.74, 6) is -0.261. The van der Waals surface area contributed by atoms with Crippen molar-refractivity contribution in [1.82, 2.24) is 4.98 Å². The molecule has 34 heavy (non-hydrogen) atoms.